The largest absolute Gasteiger partial charge is 0.363 e. The lowest BCUT2D eigenvalue weighted by molar-refractivity contribution is 0.359. The Labute approximate surface area is 108 Å². The van der Waals surface area contributed by atoms with Crippen molar-refractivity contribution in [2.75, 3.05) is 11.4 Å². The summed E-state index contributed by atoms with van der Waals surface area (Å²) in [6, 6.07) is 8.87. The summed E-state index contributed by atoms with van der Waals surface area (Å²) >= 11 is 0. The number of anilines is 1. The first kappa shape index (κ1) is 12.0. The first-order valence-corrected chi connectivity index (χ1v) is 7.06. The number of hydrogen-bond acceptors (Lipinski definition) is 2. The predicted octanol–water partition coefficient (Wildman–Crippen LogP) is 2.94. The molecule has 2 heterocycles. The number of benzene rings is 1. The van der Waals surface area contributed by atoms with Gasteiger partial charge in [-0.05, 0) is 44.4 Å². The van der Waals surface area contributed by atoms with Gasteiger partial charge >= 0.3 is 0 Å². The number of halogens is 1. The highest BCUT2D eigenvalue weighted by molar-refractivity contribution is 5.51. The SMILES string of the molecule is CCNC1CC2CCC(C1)N2c1ccccc1F. The van der Waals surface area contributed by atoms with Crippen LogP contribution in [0.1, 0.15) is 32.6 Å². The third-order valence-electron chi connectivity index (χ3n) is 4.36. The average Bonchev–Trinajstić information content (AvgIpc) is 2.62. The molecule has 0 aliphatic carbocycles. The lowest BCUT2D eigenvalue weighted by Crippen LogP contribution is -2.49. The van der Waals surface area contributed by atoms with Crippen LogP contribution in [0.25, 0.3) is 0 Å². The zero-order valence-corrected chi connectivity index (χ0v) is 10.9. The summed E-state index contributed by atoms with van der Waals surface area (Å²) in [5, 5.41) is 3.55. The summed E-state index contributed by atoms with van der Waals surface area (Å²) in [6.45, 7) is 3.19. The van der Waals surface area contributed by atoms with E-state index < -0.39 is 0 Å². The van der Waals surface area contributed by atoms with Crippen LogP contribution in [0.15, 0.2) is 24.3 Å². The van der Waals surface area contributed by atoms with Crippen molar-refractivity contribution >= 4 is 5.69 Å². The minimum Gasteiger partial charge on any atom is -0.363 e. The topological polar surface area (TPSA) is 15.3 Å². The standard InChI is InChI=1S/C15H21FN2/c1-2-17-11-9-12-7-8-13(10-11)18(12)15-6-4-3-5-14(15)16/h3-6,11-13,17H,2,7-10H2,1H3. The quantitative estimate of drug-likeness (QED) is 0.884. The number of hydrogen-bond donors (Lipinski definition) is 1. The van der Waals surface area contributed by atoms with Crippen molar-refractivity contribution in [1.29, 1.82) is 0 Å². The van der Waals surface area contributed by atoms with Gasteiger partial charge in [-0.15, -0.1) is 0 Å². The monoisotopic (exact) mass is 248 g/mol. The van der Waals surface area contributed by atoms with Gasteiger partial charge in [-0.3, -0.25) is 0 Å². The zero-order chi connectivity index (χ0) is 12.5. The first-order chi connectivity index (χ1) is 8.79. The highest BCUT2D eigenvalue weighted by atomic mass is 19.1. The summed E-state index contributed by atoms with van der Waals surface area (Å²) < 4.78 is 13.9. The van der Waals surface area contributed by atoms with Crippen molar-refractivity contribution in [1.82, 2.24) is 5.32 Å². The number of nitrogens with one attached hydrogen (secondary N) is 1. The maximum absolute atomic E-state index is 13.9. The van der Waals surface area contributed by atoms with Crippen molar-refractivity contribution < 1.29 is 4.39 Å². The maximum Gasteiger partial charge on any atom is 0.146 e. The molecular formula is C15H21FN2. The second-order valence-electron chi connectivity index (χ2n) is 5.47. The molecule has 1 aromatic carbocycles. The number of rotatable bonds is 3. The minimum atomic E-state index is -0.0729. The van der Waals surface area contributed by atoms with E-state index in [1.165, 1.54) is 12.8 Å². The fourth-order valence-electron chi connectivity index (χ4n) is 3.69. The van der Waals surface area contributed by atoms with Crippen molar-refractivity contribution in [3.63, 3.8) is 0 Å². The van der Waals surface area contributed by atoms with Crippen LogP contribution in [0.2, 0.25) is 0 Å². The Balaban J connectivity index is 1.82. The molecule has 0 amide bonds. The molecule has 98 valence electrons. The molecule has 2 aliphatic heterocycles. The second kappa shape index (κ2) is 4.88. The molecule has 2 aliphatic rings. The Morgan fingerprint density at radius 2 is 1.89 bits per heavy atom. The number of piperidine rings is 1. The molecule has 2 fully saturated rings. The second-order valence-corrected chi connectivity index (χ2v) is 5.47. The molecule has 2 unspecified atom stereocenters. The van der Waals surface area contributed by atoms with Gasteiger partial charge in [-0.2, -0.15) is 0 Å². The zero-order valence-electron chi connectivity index (χ0n) is 10.9. The Hall–Kier alpha value is -1.09. The van der Waals surface area contributed by atoms with Crippen molar-refractivity contribution in [2.45, 2.75) is 50.7 Å². The Morgan fingerprint density at radius 1 is 1.22 bits per heavy atom. The summed E-state index contributed by atoms with van der Waals surface area (Å²) in [5.74, 6) is -0.0729. The molecule has 1 aromatic rings. The Bertz CT molecular complexity index is 407. The summed E-state index contributed by atoms with van der Waals surface area (Å²) in [4.78, 5) is 2.34. The third kappa shape index (κ3) is 2.01. The fourth-order valence-corrected chi connectivity index (χ4v) is 3.69. The first-order valence-electron chi connectivity index (χ1n) is 7.06. The van der Waals surface area contributed by atoms with Gasteiger partial charge < -0.3 is 10.2 Å². The number of nitrogens with zero attached hydrogens (tertiary/aromatic N) is 1. The van der Waals surface area contributed by atoms with Gasteiger partial charge in [-0.1, -0.05) is 19.1 Å². The summed E-state index contributed by atoms with van der Waals surface area (Å²) in [6.07, 6.45) is 4.72. The van der Waals surface area contributed by atoms with Crippen molar-refractivity contribution in [3.05, 3.63) is 30.1 Å². The third-order valence-corrected chi connectivity index (χ3v) is 4.36. The molecule has 3 heteroatoms. The molecule has 0 spiro atoms. The van der Waals surface area contributed by atoms with Gasteiger partial charge in [0.25, 0.3) is 0 Å². The van der Waals surface area contributed by atoms with E-state index in [1.807, 2.05) is 12.1 Å². The minimum absolute atomic E-state index is 0.0729. The molecule has 0 radical (unpaired) electrons. The van der Waals surface area contributed by atoms with E-state index in [0.717, 1.165) is 25.1 Å². The van der Waals surface area contributed by atoms with Crippen molar-refractivity contribution in [3.8, 4) is 0 Å². The van der Waals surface area contributed by atoms with E-state index in [9.17, 15) is 4.39 Å². The molecule has 18 heavy (non-hydrogen) atoms. The summed E-state index contributed by atoms with van der Waals surface area (Å²) in [5.41, 5.74) is 0.806. The lowest BCUT2D eigenvalue weighted by Gasteiger charge is -2.41. The van der Waals surface area contributed by atoms with Crippen LogP contribution >= 0.6 is 0 Å². The van der Waals surface area contributed by atoms with Crippen molar-refractivity contribution in [2.24, 2.45) is 0 Å². The smallest absolute Gasteiger partial charge is 0.146 e. The van der Waals surface area contributed by atoms with Gasteiger partial charge in [0.15, 0.2) is 0 Å². The summed E-state index contributed by atoms with van der Waals surface area (Å²) in [7, 11) is 0. The Kier molecular flexibility index (Phi) is 3.25. The van der Waals surface area contributed by atoms with Crippen LogP contribution in [0.5, 0.6) is 0 Å². The van der Waals surface area contributed by atoms with E-state index in [-0.39, 0.29) is 5.82 Å². The molecule has 2 saturated heterocycles. The normalized spacial score (nSPS) is 30.8. The van der Waals surface area contributed by atoms with Gasteiger partial charge in [0.05, 0.1) is 5.69 Å². The average molecular weight is 248 g/mol. The van der Waals surface area contributed by atoms with E-state index in [1.54, 1.807) is 12.1 Å². The van der Waals surface area contributed by atoms with Gasteiger partial charge in [-0.25, -0.2) is 4.39 Å². The lowest BCUT2D eigenvalue weighted by atomic mass is 9.96. The van der Waals surface area contributed by atoms with E-state index >= 15 is 0 Å². The van der Waals surface area contributed by atoms with Gasteiger partial charge in [0.1, 0.15) is 5.82 Å². The molecular weight excluding hydrogens is 227 g/mol. The predicted molar refractivity (Wildman–Crippen MR) is 72.4 cm³/mol. The van der Waals surface area contributed by atoms with Gasteiger partial charge in [0.2, 0.25) is 0 Å². The van der Waals surface area contributed by atoms with E-state index in [2.05, 4.69) is 17.1 Å². The van der Waals surface area contributed by atoms with E-state index in [0.29, 0.717) is 18.1 Å². The van der Waals surface area contributed by atoms with Crippen LogP contribution in [-0.2, 0) is 0 Å². The molecule has 2 nitrogen and oxygen atoms in total. The number of fused-ring (bicyclic) bond motifs is 2. The van der Waals surface area contributed by atoms with Gasteiger partial charge in [0, 0.05) is 18.1 Å². The van der Waals surface area contributed by atoms with Crippen LogP contribution in [-0.4, -0.2) is 24.7 Å². The van der Waals surface area contributed by atoms with Crippen LogP contribution in [0, 0.1) is 5.82 Å². The van der Waals surface area contributed by atoms with Crippen LogP contribution in [0.3, 0.4) is 0 Å². The molecule has 0 aromatic heterocycles. The highest BCUT2D eigenvalue weighted by Crippen LogP contribution is 2.40. The Morgan fingerprint density at radius 3 is 2.50 bits per heavy atom. The van der Waals surface area contributed by atoms with Crippen LogP contribution in [0.4, 0.5) is 10.1 Å². The molecule has 2 bridgehead atoms. The van der Waals surface area contributed by atoms with Crippen LogP contribution < -0.4 is 10.2 Å². The molecule has 1 N–H and O–H groups in total. The molecule has 2 atom stereocenters. The fraction of sp³-hybridized carbons (Fsp3) is 0.600. The highest BCUT2D eigenvalue weighted by Gasteiger charge is 2.41. The maximum atomic E-state index is 13.9. The molecule has 0 saturated carbocycles. The number of para-hydroxylation sites is 1. The van der Waals surface area contributed by atoms with E-state index in [4.69, 9.17) is 0 Å². The molecule has 3 rings (SSSR count).